The smallest absolute Gasteiger partial charge is 0.434 e. The number of carbonyl (C=O) groups is 2. The third kappa shape index (κ3) is 2.59. The Kier molecular flexibility index (Phi) is 3.05. The molecule has 15 heavy (non-hydrogen) atoms. The fraction of sp³-hybridized carbons (Fsp3) is 0.778. The van der Waals surface area contributed by atoms with Crippen molar-refractivity contribution in [2.24, 2.45) is 0 Å². The Morgan fingerprint density at radius 2 is 1.80 bits per heavy atom. The van der Waals surface area contributed by atoms with E-state index < -0.39 is 6.16 Å². The first-order chi connectivity index (χ1) is 7.25. The lowest BCUT2D eigenvalue weighted by atomic mass is 10.1. The Morgan fingerprint density at radius 3 is 2.27 bits per heavy atom. The average molecular weight is 216 g/mol. The standard InChI is InChI=1S/C6H8O3.C3H4O3/c7-6-4-2-1-3-5(8-4)9-6;4-3-5-1-2-6-3/h4-5H,1-3H2;1-2H2. The Labute approximate surface area is 86.4 Å². The maximum atomic E-state index is 10.7. The van der Waals surface area contributed by atoms with Crippen LogP contribution in [0, 0.1) is 0 Å². The van der Waals surface area contributed by atoms with Crippen LogP contribution in [0.4, 0.5) is 4.79 Å². The molecule has 3 rings (SSSR count). The molecule has 84 valence electrons. The Bertz CT molecular complexity index is 255. The molecule has 3 aliphatic heterocycles. The minimum absolute atomic E-state index is 0.169. The summed E-state index contributed by atoms with van der Waals surface area (Å²) in [5, 5.41) is 0. The summed E-state index contributed by atoms with van der Waals surface area (Å²) in [5.41, 5.74) is 0. The summed E-state index contributed by atoms with van der Waals surface area (Å²) in [6, 6.07) is 0. The number of hydrogen-bond donors (Lipinski definition) is 0. The summed E-state index contributed by atoms with van der Waals surface area (Å²) in [6.45, 7) is 0.831. The molecule has 2 unspecified atom stereocenters. The molecule has 3 fully saturated rings. The van der Waals surface area contributed by atoms with Crippen LogP contribution < -0.4 is 0 Å². The average Bonchev–Trinajstić information content (AvgIpc) is 2.78. The molecule has 0 aromatic rings. The highest BCUT2D eigenvalue weighted by atomic mass is 16.8. The van der Waals surface area contributed by atoms with Gasteiger partial charge in [-0.1, -0.05) is 0 Å². The van der Waals surface area contributed by atoms with Gasteiger partial charge in [0.25, 0.3) is 0 Å². The number of ether oxygens (including phenoxy) is 4. The number of hydrogen-bond acceptors (Lipinski definition) is 6. The van der Waals surface area contributed by atoms with Crippen LogP contribution in [-0.4, -0.2) is 37.7 Å². The van der Waals surface area contributed by atoms with Crippen molar-refractivity contribution in [1.29, 1.82) is 0 Å². The molecule has 0 saturated carbocycles. The van der Waals surface area contributed by atoms with Gasteiger partial charge >= 0.3 is 12.1 Å². The van der Waals surface area contributed by atoms with E-state index in [4.69, 9.17) is 9.47 Å². The molecule has 3 saturated heterocycles. The van der Waals surface area contributed by atoms with Crippen LogP contribution in [-0.2, 0) is 23.7 Å². The first-order valence-corrected chi connectivity index (χ1v) is 4.91. The number of carbonyl (C=O) groups excluding carboxylic acids is 2. The van der Waals surface area contributed by atoms with Crippen molar-refractivity contribution in [2.75, 3.05) is 13.2 Å². The van der Waals surface area contributed by atoms with Crippen LogP contribution in [0.25, 0.3) is 0 Å². The summed E-state index contributed by atoms with van der Waals surface area (Å²) >= 11 is 0. The molecule has 2 bridgehead atoms. The molecule has 2 atom stereocenters. The number of rotatable bonds is 0. The zero-order valence-electron chi connectivity index (χ0n) is 8.14. The Hall–Kier alpha value is -1.30. The lowest BCUT2D eigenvalue weighted by Crippen LogP contribution is -2.19. The van der Waals surface area contributed by atoms with Gasteiger partial charge in [0.2, 0.25) is 6.29 Å². The highest BCUT2D eigenvalue weighted by molar-refractivity contribution is 5.76. The van der Waals surface area contributed by atoms with E-state index in [2.05, 4.69) is 9.47 Å². The van der Waals surface area contributed by atoms with Crippen molar-refractivity contribution in [3.63, 3.8) is 0 Å². The van der Waals surface area contributed by atoms with Crippen molar-refractivity contribution >= 4 is 12.1 Å². The van der Waals surface area contributed by atoms with Gasteiger partial charge in [0.05, 0.1) is 0 Å². The fourth-order valence-electron chi connectivity index (χ4n) is 1.55. The van der Waals surface area contributed by atoms with Crippen LogP contribution in [0.2, 0.25) is 0 Å². The van der Waals surface area contributed by atoms with Gasteiger partial charge in [-0.2, -0.15) is 0 Å². The highest BCUT2D eigenvalue weighted by Crippen LogP contribution is 2.27. The predicted molar refractivity (Wildman–Crippen MR) is 45.9 cm³/mol. The van der Waals surface area contributed by atoms with Crippen molar-refractivity contribution in [3.8, 4) is 0 Å². The second kappa shape index (κ2) is 4.48. The Balaban J connectivity index is 0.000000124. The molecule has 6 heteroatoms. The topological polar surface area (TPSA) is 71.1 Å². The fourth-order valence-corrected chi connectivity index (χ4v) is 1.55. The molecular formula is C9H12O6. The summed E-state index contributed by atoms with van der Waals surface area (Å²) < 4.78 is 18.5. The third-order valence-electron chi connectivity index (χ3n) is 2.26. The van der Waals surface area contributed by atoms with Gasteiger partial charge in [-0.25, -0.2) is 9.59 Å². The van der Waals surface area contributed by atoms with Gasteiger partial charge in [0.1, 0.15) is 13.2 Å². The lowest BCUT2D eigenvalue weighted by molar-refractivity contribution is -0.143. The molecule has 0 radical (unpaired) electrons. The monoisotopic (exact) mass is 216 g/mol. The van der Waals surface area contributed by atoms with Crippen LogP contribution in [0.1, 0.15) is 19.3 Å². The quantitative estimate of drug-likeness (QED) is 0.552. The minimum Gasteiger partial charge on any atom is -0.434 e. The summed E-state index contributed by atoms with van der Waals surface area (Å²) in [7, 11) is 0. The first kappa shape index (κ1) is 10.2. The number of fused-ring (bicyclic) bond motifs is 2. The summed E-state index contributed by atoms with van der Waals surface area (Å²) in [5.74, 6) is -0.169. The number of cyclic esters (lactones) is 2. The van der Waals surface area contributed by atoms with E-state index >= 15 is 0 Å². The SMILES string of the molecule is O=C1OC2CCCC1O2.O=C1OCCO1. The Morgan fingerprint density at radius 1 is 1.07 bits per heavy atom. The van der Waals surface area contributed by atoms with Crippen molar-refractivity contribution in [3.05, 3.63) is 0 Å². The van der Waals surface area contributed by atoms with Gasteiger partial charge in [0, 0.05) is 6.42 Å². The van der Waals surface area contributed by atoms with Gasteiger partial charge in [0.15, 0.2) is 6.10 Å². The zero-order valence-corrected chi connectivity index (χ0v) is 8.14. The maximum absolute atomic E-state index is 10.7. The van der Waals surface area contributed by atoms with Crippen LogP contribution in [0.15, 0.2) is 0 Å². The predicted octanol–water partition coefficient (Wildman–Crippen LogP) is 0.592. The molecule has 0 aromatic heterocycles. The van der Waals surface area contributed by atoms with Crippen LogP contribution >= 0.6 is 0 Å². The molecule has 0 aliphatic carbocycles. The van der Waals surface area contributed by atoms with E-state index in [0.29, 0.717) is 13.2 Å². The van der Waals surface area contributed by atoms with E-state index in [1.807, 2.05) is 0 Å². The van der Waals surface area contributed by atoms with Gasteiger partial charge in [-0.3, -0.25) is 0 Å². The lowest BCUT2D eigenvalue weighted by Gasteiger charge is -2.13. The largest absolute Gasteiger partial charge is 0.508 e. The molecule has 3 heterocycles. The molecule has 6 nitrogen and oxygen atoms in total. The molecule has 0 amide bonds. The first-order valence-electron chi connectivity index (χ1n) is 4.91. The number of esters is 1. The molecule has 0 aromatic carbocycles. The molecule has 0 N–H and O–H groups in total. The van der Waals surface area contributed by atoms with Crippen molar-refractivity contribution < 1.29 is 28.5 Å². The molecular weight excluding hydrogens is 204 g/mol. The maximum Gasteiger partial charge on any atom is 0.508 e. The summed E-state index contributed by atoms with van der Waals surface area (Å²) in [6.07, 6.45) is 1.79. The van der Waals surface area contributed by atoms with E-state index in [-0.39, 0.29) is 18.4 Å². The van der Waals surface area contributed by atoms with E-state index in [9.17, 15) is 9.59 Å². The van der Waals surface area contributed by atoms with E-state index in [0.717, 1.165) is 19.3 Å². The van der Waals surface area contributed by atoms with Crippen LogP contribution in [0.5, 0.6) is 0 Å². The van der Waals surface area contributed by atoms with E-state index in [1.54, 1.807) is 0 Å². The highest BCUT2D eigenvalue weighted by Gasteiger charge is 2.38. The van der Waals surface area contributed by atoms with Crippen LogP contribution in [0.3, 0.4) is 0 Å². The second-order valence-electron chi connectivity index (χ2n) is 3.37. The van der Waals surface area contributed by atoms with Crippen molar-refractivity contribution in [1.82, 2.24) is 0 Å². The molecule has 3 aliphatic rings. The normalized spacial score (nSPS) is 32.3. The van der Waals surface area contributed by atoms with Crippen molar-refractivity contribution in [2.45, 2.75) is 31.7 Å². The zero-order chi connectivity index (χ0) is 10.7. The molecule has 0 spiro atoms. The van der Waals surface area contributed by atoms with Gasteiger partial charge in [-0.05, 0) is 12.8 Å². The minimum atomic E-state index is -0.546. The van der Waals surface area contributed by atoms with E-state index in [1.165, 1.54) is 0 Å². The summed E-state index contributed by atoms with van der Waals surface area (Å²) in [4.78, 5) is 20.5. The second-order valence-corrected chi connectivity index (χ2v) is 3.37. The van der Waals surface area contributed by atoms with Gasteiger partial charge < -0.3 is 18.9 Å². The third-order valence-corrected chi connectivity index (χ3v) is 2.26. The van der Waals surface area contributed by atoms with Gasteiger partial charge in [-0.15, -0.1) is 0 Å².